The number of quaternary nitrogens is 1. The van der Waals surface area contributed by atoms with Crippen LogP contribution in [0.1, 0.15) is 85.0 Å². The van der Waals surface area contributed by atoms with E-state index in [0.717, 1.165) is 19.3 Å². The fourth-order valence-electron chi connectivity index (χ4n) is 4.01. The van der Waals surface area contributed by atoms with E-state index in [1.807, 2.05) is 20.8 Å². The lowest BCUT2D eigenvalue weighted by atomic mass is 9.89. The van der Waals surface area contributed by atoms with Crippen LogP contribution in [-0.2, 0) is 19.1 Å². The molecule has 0 aliphatic rings. The summed E-state index contributed by atoms with van der Waals surface area (Å²) in [5.74, 6) is -5.90. The second-order valence-electron chi connectivity index (χ2n) is 9.99. The third kappa shape index (κ3) is 14.7. The number of rotatable bonds is 21. The molecule has 212 valence electrons. The summed E-state index contributed by atoms with van der Waals surface area (Å²) in [6, 6.07) is 0. The molecule has 0 fully saturated rings. The van der Waals surface area contributed by atoms with Gasteiger partial charge in [-0.3, -0.25) is 4.79 Å². The van der Waals surface area contributed by atoms with E-state index in [0.29, 0.717) is 25.7 Å². The van der Waals surface area contributed by atoms with E-state index < -0.39 is 67.2 Å². The Hall–Kier alpha value is -1.79. The molecule has 11 nitrogen and oxygen atoms in total. The first-order chi connectivity index (χ1) is 16.8. The molecule has 0 aromatic heterocycles. The third-order valence-electron chi connectivity index (χ3n) is 6.67. The van der Waals surface area contributed by atoms with Gasteiger partial charge in [0, 0.05) is 24.3 Å². The predicted molar refractivity (Wildman–Crippen MR) is 125 cm³/mol. The number of ether oxygens (including phenoxy) is 1. The Bertz CT molecular complexity index is 646. The topological polar surface area (TPSA) is 215 Å². The van der Waals surface area contributed by atoms with Crippen LogP contribution in [0, 0.1) is 17.8 Å². The number of unbranched alkanes of at least 4 members (excludes halogenated alkanes) is 2. The highest BCUT2D eigenvalue weighted by Gasteiger charge is 2.30. The lowest BCUT2D eigenvalue weighted by Gasteiger charge is -2.30. The van der Waals surface area contributed by atoms with Gasteiger partial charge in [0.25, 0.3) is 0 Å². The van der Waals surface area contributed by atoms with Crippen molar-refractivity contribution < 1.29 is 55.5 Å². The number of hydrogen-bond acceptors (Lipinski definition) is 10. The Morgan fingerprint density at radius 1 is 0.889 bits per heavy atom. The minimum atomic E-state index is -1.68. The van der Waals surface area contributed by atoms with Crippen molar-refractivity contribution in [2.45, 2.75) is 115 Å². The van der Waals surface area contributed by atoms with Crippen LogP contribution >= 0.6 is 0 Å². The summed E-state index contributed by atoms with van der Waals surface area (Å²) in [5, 5.41) is 62.0. The summed E-state index contributed by atoms with van der Waals surface area (Å²) in [5.41, 5.74) is 3.56. The molecule has 36 heavy (non-hydrogen) atoms. The minimum absolute atomic E-state index is 0.0596. The van der Waals surface area contributed by atoms with Crippen LogP contribution in [0.4, 0.5) is 0 Å². The highest BCUT2D eigenvalue weighted by atomic mass is 16.6. The second kappa shape index (κ2) is 18.5. The Morgan fingerprint density at radius 2 is 1.50 bits per heavy atom. The van der Waals surface area contributed by atoms with Crippen molar-refractivity contribution in [3.63, 3.8) is 0 Å². The number of esters is 1. The van der Waals surface area contributed by atoms with Gasteiger partial charge in [-0.25, -0.2) is 0 Å². The van der Waals surface area contributed by atoms with Crippen molar-refractivity contribution in [3.05, 3.63) is 0 Å². The van der Waals surface area contributed by atoms with Crippen molar-refractivity contribution in [2.75, 3.05) is 6.54 Å². The van der Waals surface area contributed by atoms with Crippen LogP contribution in [0.25, 0.3) is 0 Å². The zero-order valence-electron chi connectivity index (χ0n) is 21.8. The molecule has 7 N–H and O–H groups in total. The van der Waals surface area contributed by atoms with Crippen LogP contribution in [0.5, 0.6) is 0 Å². The zero-order valence-corrected chi connectivity index (χ0v) is 21.8. The first-order valence-electron chi connectivity index (χ1n) is 12.9. The molecule has 0 saturated heterocycles. The molecular weight excluding hydrogens is 474 g/mol. The fraction of sp³-hybridized carbons (Fsp3) is 0.880. The molecule has 0 radical (unpaired) electrons. The highest BCUT2D eigenvalue weighted by molar-refractivity contribution is 5.81. The second-order valence-corrected chi connectivity index (χ2v) is 9.99. The largest absolute Gasteiger partial charge is 0.550 e. The van der Waals surface area contributed by atoms with Crippen molar-refractivity contribution in [2.24, 2.45) is 17.8 Å². The fourth-order valence-corrected chi connectivity index (χ4v) is 4.01. The number of carbonyl (C=O) groups is 3. The van der Waals surface area contributed by atoms with Crippen LogP contribution in [0.3, 0.4) is 0 Å². The zero-order chi connectivity index (χ0) is 27.8. The normalized spacial score (nSPS) is 18.3. The predicted octanol–water partition coefficient (Wildman–Crippen LogP) is -2.11. The summed E-state index contributed by atoms with van der Waals surface area (Å²) in [4.78, 5) is 34.2. The molecular formula is C25H46NO10-. The average Bonchev–Trinajstić information content (AvgIpc) is 2.81. The molecule has 0 rings (SSSR count). The van der Waals surface area contributed by atoms with Crippen LogP contribution < -0.4 is 15.9 Å². The van der Waals surface area contributed by atoms with Gasteiger partial charge in [0.05, 0.1) is 24.7 Å². The van der Waals surface area contributed by atoms with E-state index in [-0.39, 0.29) is 24.8 Å². The highest BCUT2D eigenvalue weighted by Crippen LogP contribution is 2.24. The van der Waals surface area contributed by atoms with E-state index in [1.54, 1.807) is 0 Å². The number of aliphatic hydroxyl groups is 4. The maximum absolute atomic E-state index is 12.3. The van der Waals surface area contributed by atoms with Gasteiger partial charge in [-0.1, -0.05) is 52.9 Å². The van der Waals surface area contributed by atoms with E-state index in [4.69, 9.17) is 4.74 Å². The van der Waals surface area contributed by atoms with Gasteiger partial charge in [-0.05, 0) is 31.1 Å². The van der Waals surface area contributed by atoms with E-state index >= 15 is 0 Å². The van der Waals surface area contributed by atoms with Gasteiger partial charge < -0.3 is 50.7 Å². The van der Waals surface area contributed by atoms with Gasteiger partial charge in [0.1, 0.15) is 18.8 Å². The molecule has 8 atom stereocenters. The molecule has 0 amide bonds. The molecule has 8 unspecified atom stereocenters. The lowest BCUT2D eigenvalue weighted by Crippen LogP contribution is -2.56. The van der Waals surface area contributed by atoms with E-state index in [2.05, 4.69) is 5.73 Å². The van der Waals surface area contributed by atoms with Gasteiger partial charge in [-0.2, -0.15) is 0 Å². The molecule has 0 spiro atoms. The Balaban J connectivity index is 4.74. The number of carboxylic acids is 2. The molecule has 0 bridgehead atoms. The third-order valence-corrected chi connectivity index (χ3v) is 6.67. The van der Waals surface area contributed by atoms with Crippen LogP contribution in [0.15, 0.2) is 0 Å². The standard InChI is InChI=1S/C25H47NO10/c1-4-16(3)24(33)21(36-23(32)12-17(25(34)35)11-22(30)31)10-15(2)8-6-5-7-9-19(28)20(29)13-18(27)14-26/h15-21,24,27-29,33H,4-14,26H2,1-3H3,(H,30,31)(H,34,35)/p-1. The van der Waals surface area contributed by atoms with Crippen molar-refractivity contribution in [1.29, 1.82) is 0 Å². The number of carbonyl (C=O) groups excluding carboxylic acids is 3. The van der Waals surface area contributed by atoms with Gasteiger partial charge in [0.2, 0.25) is 0 Å². The molecule has 0 aliphatic carbocycles. The number of carboxylic acid groups (broad SMARTS) is 2. The summed E-state index contributed by atoms with van der Waals surface area (Å²) in [6.45, 7) is 5.91. The SMILES string of the molecule is CCC(C)C(O)C(CC(C)CCCCCC(O)C(O)CC(O)C[NH3+])OC(=O)CC(CC(=O)[O-])C(=O)[O-]. The molecule has 0 aromatic carbocycles. The quantitative estimate of drug-likeness (QED) is 0.0820. The van der Waals surface area contributed by atoms with Crippen LogP contribution in [0.2, 0.25) is 0 Å². The Morgan fingerprint density at radius 3 is 2.03 bits per heavy atom. The number of aliphatic hydroxyl groups excluding tert-OH is 4. The summed E-state index contributed by atoms with van der Waals surface area (Å²) in [6.07, 6.45) is -1.55. The summed E-state index contributed by atoms with van der Waals surface area (Å²) in [7, 11) is 0. The first-order valence-corrected chi connectivity index (χ1v) is 12.9. The maximum atomic E-state index is 12.3. The van der Waals surface area contributed by atoms with Crippen molar-refractivity contribution >= 4 is 17.9 Å². The van der Waals surface area contributed by atoms with E-state index in [1.165, 1.54) is 0 Å². The Kier molecular flexibility index (Phi) is 17.5. The van der Waals surface area contributed by atoms with Gasteiger partial charge in [-0.15, -0.1) is 0 Å². The molecule has 0 aromatic rings. The van der Waals surface area contributed by atoms with Crippen LogP contribution in [-0.4, -0.2) is 75.4 Å². The van der Waals surface area contributed by atoms with Gasteiger partial charge in [0.15, 0.2) is 0 Å². The smallest absolute Gasteiger partial charge is 0.306 e. The monoisotopic (exact) mass is 520 g/mol. The van der Waals surface area contributed by atoms with Crippen molar-refractivity contribution in [3.8, 4) is 0 Å². The summed E-state index contributed by atoms with van der Waals surface area (Å²) >= 11 is 0. The minimum Gasteiger partial charge on any atom is -0.550 e. The molecule has 0 saturated carbocycles. The van der Waals surface area contributed by atoms with Crippen molar-refractivity contribution in [1.82, 2.24) is 0 Å². The van der Waals surface area contributed by atoms with E-state index in [9.17, 15) is 45.0 Å². The number of aliphatic carboxylic acids is 2. The lowest BCUT2D eigenvalue weighted by molar-refractivity contribution is -0.385. The molecule has 11 heteroatoms. The first kappa shape index (κ1) is 34.2. The van der Waals surface area contributed by atoms with Gasteiger partial charge >= 0.3 is 5.97 Å². The number of hydrogen-bond donors (Lipinski definition) is 5. The Labute approximate surface area is 213 Å². The maximum Gasteiger partial charge on any atom is 0.306 e. The average molecular weight is 521 g/mol. The molecule has 0 aliphatic heterocycles. The molecule has 0 heterocycles. The summed E-state index contributed by atoms with van der Waals surface area (Å²) < 4.78 is 5.42.